The minimum absolute atomic E-state index is 0.0245. The monoisotopic (exact) mass is 463 g/mol. The lowest BCUT2D eigenvalue weighted by Gasteiger charge is -2.33. The van der Waals surface area contributed by atoms with Crippen LogP contribution in [0.25, 0.3) is 0 Å². The topological polar surface area (TPSA) is 61.9 Å². The Balaban J connectivity index is 1.31. The highest BCUT2D eigenvalue weighted by Crippen LogP contribution is 2.28. The molecule has 182 valence electrons. The number of nitrogens with one attached hydrogen (secondary N) is 1. The second kappa shape index (κ2) is 12.1. The number of ether oxygens (including phenoxy) is 1. The van der Waals surface area contributed by atoms with Crippen molar-refractivity contribution >= 4 is 11.8 Å². The van der Waals surface area contributed by atoms with Crippen LogP contribution in [0.3, 0.4) is 0 Å². The van der Waals surface area contributed by atoms with Gasteiger partial charge in [-0.05, 0) is 67.6 Å². The van der Waals surface area contributed by atoms with Crippen molar-refractivity contribution in [2.24, 2.45) is 0 Å². The molecule has 1 atom stereocenters. The first-order chi connectivity index (χ1) is 16.6. The van der Waals surface area contributed by atoms with Crippen molar-refractivity contribution < 1.29 is 14.3 Å². The minimum Gasteiger partial charge on any atom is -0.379 e. The lowest BCUT2D eigenvalue weighted by Crippen LogP contribution is -2.39. The Hall–Kier alpha value is -2.70. The van der Waals surface area contributed by atoms with Gasteiger partial charge in [0.1, 0.15) is 0 Å². The molecule has 6 heteroatoms. The molecule has 2 amide bonds. The van der Waals surface area contributed by atoms with E-state index < -0.39 is 0 Å². The highest BCUT2D eigenvalue weighted by atomic mass is 16.5. The molecule has 2 aromatic carbocycles. The molecule has 2 aliphatic heterocycles. The van der Waals surface area contributed by atoms with Crippen molar-refractivity contribution in [1.82, 2.24) is 15.1 Å². The number of carbonyl (C=O) groups is 2. The second-order valence-electron chi connectivity index (χ2n) is 9.33. The molecule has 0 aromatic heterocycles. The molecule has 2 fully saturated rings. The fraction of sp³-hybridized carbons (Fsp3) is 0.500. The van der Waals surface area contributed by atoms with E-state index in [4.69, 9.17) is 4.74 Å². The van der Waals surface area contributed by atoms with Gasteiger partial charge in [-0.3, -0.25) is 14.5 Å². The summed E-state index contributed by atoms with van der Waals surface area (Å²) < 4.78 is 5.38. The van der Waals surface area contributed by atoms with Gasteiger partial charge in [0.25, 0.3) is 11.8 Å². The summed E-state index contributed by atoms with van der Waals surface area (Å²) in [4.78, 5) is 30.1. The third kappa shape index (κ3) is 6.45. The van der Waals surface area contributed by atoms with Crippen LogP contribution in [-0.4, -0.2) is 74.1 Å². The molecule has 0 radical (unpaired) electrons. The zero-order valence-electron chi connectivity index (χ0n) is 20.3. The molecule has 0 bridgehead atoms. The standard InChI is InChI=1S/C28H37N3O3/c1-2-22-9-11-23(12-10-22)28(33)31-15-4-8-26(21-31)24-6-3-7-25(20-24)27(32)29-13-5-14-30-16-18-34-19-17-30/h3,6-7,9-12,20,26H,2,4-5,8,13-19,21H2,1H3,(H,29,32)/t26-/m0/s1. The van der Waals surface area contributed by atoms with E-state index in [9.17, 15) is 9.59 Å². The number of hydrogen-bond acceptors (Lipinski definition) is 4. The Morgan fingerprint density at radius 2 is 1.82 bits per heavy atom. The summed E-state index contributed by atoms with van der Waals surface area (Å²) in [7, 11) is 0. The Morgan fingerprint density at radius 3 is 2.59 bits per heavy atom. The molecule has 0 unspecified atom stereocenters. The van der Waals surface area contributed by atoms with Crippen LogP contribution in [0.1, 0.15) is 63.9 Å². The molecule has 2 saturated heterocycles. The Bertz CT molecular complexity index is 954. The van der Waals surface area contributed by atoms with E-state index in [1.54, 1.807) is 0 Å². The summed E-state index contributed by atoms with van der Waals surface area (Å²) >= 11 is 0. The average molecular weight is 464 g/mol. The van der Waals surface area contributed by atoms with E-state index in [-0.39, 0.29) is 17.7 Å². The Morgan fingerprint density at radius 1 is 1.03 bits per heavy atom. The number of carbonyl (C=O) groups excluding carboxylic acids is 2. The number of nitrogens with zero attached hydrogens (tertiary/aromatic N) is 2. The predicted octanol–water partition coefficient (Wildman–Crippen LogP) is 3.72. The number of aryl methyl sites for hydroxylation is 1. The Labute approximate surface area is 203 Å². The van der Waals surface area contributed by atoms with Crippen LogP contribution in [0.5, 0.6) is 0 Å². The van der Waals surface area contributed by atoms with Crippen LogP contribution in [-0.2, 0) is 11.2 Å². The molecule has 6 nitrogen and oxygen atoms in total. The summed E-state index contributed by atoms with van der Waals surface area (Å²) in [5.41, 5.74) is 3.83. The molecule has 2 aromatic rings. The zero-order valence-corrected chi connectivity index (χ0v) is 20.3. The van der Waals surface area contributed by atoms with E-state index in [1.165, 1.54) is 5.56 Å². The third-order valence-corrected chi connectivity index (χ3v) is 6.98. The van der Waals surface area contributed by atoms with Gasteiger partial charge in [0.05, 0.1) is 13.2 Å². The summed E-state index contributed by atoms with van der Waals surface area (Å²) in [6, 6.07) is 15.9. The van der Waals surface area contributed by atoms with E-state index in [0.29, 0.717) is 18.7 Å². The molecular formula is C28H37N3O3. The Kier molecular flexibility index (Phi) is 8.72. The average Bonchev–Trinajstić information content (AvgIpc) is 2.91. The summed E-state index contributed by atoms with van der Waals surface area (Å²) in [5.74, 6) is 0.326. The molecule has 1 N–H and O–H groups in total. The van der Waals surface area contributed by atoms with Crippen molar-refractivity contribution in [2.75, 3.05) is 52.5 Å². The number of hydrogen-bond donors (Lipinski definition) is 1. The minimum atomic E-state index is -0.0245. The maximum absolute atomic E-state index is 13.1. The molecule has 0 saturated carbocycles. The van der Waals surface area contributed by atoms with Gasteiger partial charge >= 0.3 is 0 Å². The molecule has 2 aliphatic rings. The fourth-order valence-corrected chi connectivity index (χ4v) is 4.86. The SMILES string of the molecule is CCc1ccc(C(=O)N2CCC[C@H](c3cccc(C(=O)NCCCN4CCOCC4)c3)C2)cc1. The number of piperidine rings is 1. The second-order valence-corrected chi connectivity index (χ2v) is 9.33. The lowest BCUT2D eigenvalue weighted by atomic mass is 9.89. The van der Waals surface area contributed by atoms with Gasteiger partial charge in [0.2, 0.25) is 0 Å². The first-order valence-electron chi connectivity index (χ1n) is 12.7. The van der Waals surface area contributed by atoms with Gasteiger partial charge in [0, 0.05) is 49.8 Å². The zero-order chi connectivity index (χ0) is 23.8. The molecule has 0 aliphatic carbocycles. The fourth-order valence-electron chi connectivity index (χ4n) is 4.86. The summed E-state index contributed by atoms with van der Waals surface area (Å²) in [5, 5.41) is 3.07. The predicted molar refractivity (Wildman–Crippen MR) is 134 cm³/mol. The summed E-state index contributed by atoms with van der Waals surface area (Å²) in [6.07, 6.45) is 3.91. The molecule has 0 spiro atoms. The van der Waals surface area contributed by atoms with Gasteiger partial charge in [-0.2, -0.15) is 0 Å². The van der Waals surface area contributed by atoms with Gasteiger partial charge in [-0.1, -0.05) is 31.2 Å². The largest absolute Gasteiger partial charge is 0.379 e. The van der Waals surface area contributed by atoms with E-state index >= 15 is 0 Å². The highest BCUT2D eigenvalue weighted by Gasteiger charge is 2.26. The van der Waals surface area contributed by atoms with E-state index in [1.807, 2.05) is 47.4 Å². The number of amides is 2. The van der Waals surface area contributed by atoms with Crippen LogP contribution in [0.4, 0.5) is 0 Å². The number of morpholine rings is 1. The van der Waals surface area contributed by atoms with Crippen LogP contribution in [0.15, 0.2) is 48.5 Å². The number of rotatable bonds is 8. The van der Waals surface area contributed by atoms with Crippen LogP contribution >= 0.6 is 0 Å². The van der Waals surface area contributed by atoms with Gasteiger partial charge < -0.3 is 15.0 Å². The van der Waals surface area contributed by atoms with Crippen molar-refractivity contribution in [3.63, 3.8) is 0 Å². The van der Waals surface area contributed by atoms with Gasteiger partial charge in [-0.25, -0.2) is 0 Å². The number of likely N-dealkylation sites (tertiary alicyclic amines) is 1. The maximum atomic E-state index is 13.1. The van der Waals surface area contributed by atoms with Crippen molar-refractivity contribution in [2.45, 2.75) is 38.5 Å². The van der Waals surface area contributed by atoms with Crippen molar-refractivity contribution in [3.8, 4) is 0 Å². The van der Waals surface area contributed by atoms with Crippen molar-refractivity contribution in [1.29, 1.82) is 0 Å². The normalized spacial score (nSPS) is 19.1. The van der Waals surface area contributed by atoms with Crippen LogP contribution < -0.4 is 5.32 Å². The van der Waals surface area contributed by atoms with Crippen LogP contribution in [0, 0.1) is 0 Å². The molecule has 2 heterocycles. The lowest BCUT2D eigenvalue weighted by molar-refractivity contribution is 0.0374. The first kappa shape index (κ1) is 24.4. The van der Waals surface area contributed by atoms with E-state index in [0.717, 1.165) is 76.2 Å². The molecule has 4 rings (SSSR count). The van der Waals surface area contributed by atoms with E-state index in [2.05, 4.69) is 23.2 Å². The first-order valence-corrected chi connectivity index (χ1v) is 12.7. The summed E-state index contributed by atoms with van der Waals surface area (Å²) in [6.45, 7) is 8.80. The number of benzene rings is 2. The smallest absolute Gasteiger partial charge is 0.253 e. The highest BCUT2D eigenvalue weighted by molar-refractivity contribution is 5.95. The van der Waals surface area contributed by atoms with Crippen LogP contribution in [0.2, 0.25) is 0 Å². The van der Waals surface area contributed by atoms with Crippen molar-refractivity contribution in [3.05, 3.63) is 70.8 Å². The van der Waals surface area contributed by atoms with Gasteiger partial charge in [-0.15, -0.1) is 0 Å². The van der Waals surface area contributed by atoms with Gasteiger partial charge in [0.15, 0.2) is 0 Å². The molecular weight excluding hydrogens is 426 g/mol. The quantitative estimate of drug-likeness (QED) is 0.606. The molecule has 34 heavy (non-hydrogen) atoms. The third-order valence-electron chi connectivity index (χ3n) is 6.98. The maximum Gasteiger partial charge on any atom is 0.253 e.